The topological polar surface area (TPSA) is 59.2 Å². The van der Waals surface area contributed by atoms with Crippen LogP contribution in [0.25, 0.3) is 0 Å². The third kappa shape index (κ3) is 5.88. The van der Waals surface area contributed by atoms with E-state index in [1.165, 1.54) is 5.56 Å². The minimum Gasteiger partial charge on any atom is -0.425 e. The van der Waals surface area contributed by atoms with Crippen molar-refractivity contribution in [1.29, 1.82) is 0 Å². The van der Waals surface area contributed by atoms with Gasteiger partial charge in [0.25, 0.3) is 0 Å². The summed E-state index contributed by atoms with van der Waals surface area (Å²) < 4.78 is 5.68. The van der Waals surface area contributed by atoms with Gasteiger partial charge in [-0.25, -0.2) is 0 Å². The van der Waals surface area contributed by atoms with E-state index in [1.807, 2.05) is 22.7 Å². The van der Waals surface area contributed by atoms with E-state index in [4.69, 9.17) is 4.42 Å². The van der Waals surface area contributed by atoms with Gasteiger partial charge in [-0.1, -0.05) is 30.3 Å². The molecule has 2 heterocycles. The van der Waals surface area contributed by atoms with Crippen molar-refractivity contribution in [2.45, 2.75) is 38.5 Å². The molecule has 25 heavy (non-hydrogen) atoms. The quantitative estimate of drug-likeness (QED) is 0.678. The highest BCUT2D eigenvalue weighted by Crippen LogP contribution is 2.13. The van der Waals surface area contributed by atoms with Crippen molar-refractivity contribution in [2.75, 3.05) is 24.6 Å². The number of aromatic nitrogens is 2. The lowest BCUT2D eigenvalue weighted by Crippen LogP contribution is -2.37. The summed E-state index contributed by atoms with van der Waals surface area (Å²) in [5.41, 5.74) is 1.36. The van der Waals surface area contributed by atoms with Crippen molar-refractivity contribution < 1.29 is 9.21 Å². The van der Waals surface area contributed by atoms with Crippen LogP contribution in [0.15, 0.2) is 34.7 Å². The van der Waals surface area contributed by atoms with E-state index in [-0.39, 0.29) is 5.91 Å². The summed E-state index contributed by atoms with van der Waals surface area (Å²) in [6, 6.07) is 10.5. The highest BCUT2D eigenvalue weighted by atomic mass is 32.2. The zero-order valence-corrected chi connectivity index (χ0v) is 15.3. The van der Waals surface area contributed by atoms with Crippen molar-refractivity contribution >= 4 is 17.7 Å². The van der Waals surface area contributed by atoms with Gasteiger partial charge >= 0.3 is 0 Å². The van der Waals surface area contributed by atoms with Gasteiger partial charge in [0.05, 0.1) is 0 Å². The first-order chi connectivity index (χ1) is 12.3. The molecule has 1 aromatic carbocycles. The number of nitrogens with zero attached hydrogens (tertiary/aromatic N) is 3. The first-order valence-corrected chi connectivity index (χ1v) is 10.2. The SMILES string of the molecule is O=C(CCc1nnc(CCCCc2ccccc2)o1)N1CCSCC1. The normalized spacial score (nSPS) is 14.6. The molecule has 0 radical (unpaired) electrons. The highest BCUT2D eigenvalue weighted by molar-refractivity contribution is 7.99. The average molecular weight is 359 g/mol. The molecule has 1 saturated heterocycles. The minimum absolute atomic E-state index is 0.197. The fourth-order valence-corrected chi connectivity index (χ4v) is 3.83. The van der Waals surface area contributed by atoms with E-state index < -0.39 is 0 Å². The summed E-state index contributed by atoms with van der Waals surface area (Å²) in [5, 5.41) is 8.18. The third-order valence-electron chi connectivity index (χ3n) is 4.37. The lowest BCUT2D eigenvalue weighted by Gasteiger charge is -2.26. The molecule has 1 aromatic heterocycles. The Morgan fingerprint density at radius 2 is 1.68 bits per heavy atom. The van der Waals surface area contributed by atoms with E-state index in [0.29, 0.717) is 24.6 Å². The van der Waals surface area contributed by atoms with Crippen LogP contribution in [-0.4, -0.2) is 45.6 Å². The Morgan fingerprint density at radius 3 is 2.44 bits per heavy atom. The number of amides is 1. The fourth-order valence-electron chi connectivity index (χ4n) is 2.93. The van der Waals surface area contributed by atoms with Gasteiger partial charge in [-0.3, -0.25) is 4.79 Å². The third-order valence-corrected chi connectivity index (χ3v) is 5.32. The summed E-state index contributed by atoms with van der Waals surface area (Å²) in [7, 11) is 0. The summed E-state index contributed by atoms with van der Waals surface area (Å²) in [6.45, 7) is 1.72. The lowest BCUT2D eigenvalue weighted by molar-refractivity contribution is -0.130. The molecule has 0 N–H and O–H groups in total. The van der Waals surface area contributed by atoms with E-state index in [0.717, 1.165) is 50.3 Å². The van der Waals surface area contributed by atoms with Crippen LogP contribution in [0.2, 0.25) is 0 Å². The van der Waals surface area contributed by atoms with Crippen molar-refractivity contribution in [3.05, 3.63) is 47.7 Å². The maximum absolute atomic E-state index is 12.2. The largest absolute Gasteiger partial charge is 0.425 e. The molecule has 0 aliphatic carbocycles. The first-order valence-electron chi connectivity index (χ1n) is 9.02. The molecule has 2 aromatic rings. The molecule has 0 unspecified atom stereocenters. The van der Waals surface area contributed by atoms with Gasteiger partial charge in [0.15, 0.2) is 0 Å². The van der Waals surface area contributed by atoms with E-state index >= 15 is 0 Å². The second kappa shape index (κ2) is 9.61. The van der Waals surface area contributed by atoms with Crippen LogP contribution in [0.3, 0.4) is 0 Å². The summed E-state index contributed by atoms with van der Waals surface area (Å²) in [5.74, 6) is 3.55. The zero-order chi connectivity index (χ0) is 17.3. The first kappa shape index (κ1) is 18.0. The minimum atomic E-state index is 0.197. The van der Waals surface area contributed by atoms with E-state index in [9.17, 15) is 4.79 Å². The lowest BCUT2D eigenvalue weighted by atomic mass is 10.1. The standard InChI is InChI=1S/C19H25N3O2S/c23-19(22-12-14-25-15-13-22)11-10-18-21-20-17(24-18)9-5-4-8-16-6-2-1-3-7-16/h1-3,6-7H,4-5,8-15H2. The number of unbranched alkanes of at least 4 members (excludes halogenated alkanes) is 1. The molecule has 0 spiro atoms. The number of carbonyl (C=O) groups excluding carboxylic acids is 1. The van der Waals surface area contributed by atoms with Gasteiger partial charge in [0.1, 0.15) is 0 Å². The van der Waals surface area contributed by atoms with Crippen molar-refractivity contribution in [2.24, 2.45) is 0 Å². The highest BCUT2D eigenvalue weighted by Gasteiger charge is 2.17. The summed E-state index contributed by atoms with van der Waals surface area (Å²) in [4.78, 5) is 14.1. The molecule has 6 heteroatoms. The molecular weight excluding hydrogens is 334 g/mol. The van der Waals surface area contributed by atoms with Crippen LogP contribution < -0.4 is 0 Å². The number of carbonyl (C=O) groups is 1. The Morgan fingerprint density at radius 1 is 1.00 bits per heavy atom. The maximum atomic E-state index is 12.2. The molecule has 0 bridgehead atoms. The van der Waals surface area contributed by atoms with Gasteiger partial charge in [-0.2, -0.15) is 11.8 Å². The van der Waals surface area contributed by atoms with Crippen LogP contribution in [0.5, 0.6) is 0 Å². The smallest absolute Gasteiger partial charge is 0.223 e. The number of thioether (sulfide) groups is 1. The van der Waals surface area contributed by atoms with Gasteiger partial charge in [0.2, 0.25) is 17.7 Å². The predicted octanol–water partition coefficient (Wildman–Crippen LogP) is 3.14. The molecular formula is C19H25N3O2S. The zero-order valence-electron chi connectivity index (χ0n) is 14.5. The number of aryl methyl sites for hydroxylation is 3. The molecule has 5 nitrogen and oxygen atoms in total. The Hall–Kier alpha value is -1.82. The monoisotopic (exact) mass is 359 g/mol. The molecule has 134 valence electrons. The van der Waals surface area contributed by atoms with Crippen LogP contribution >= 0.6 is 11.8 Å². The molecule has 0 saturated carbocycles. The molecule has 1 amide bonds. The number of benzene rings is 1. The number of hydrogen-bond acceptors (Lipinski definition) is 5. The van der Waals surface area contributed by atoms with Gasteiger partial charge in [-0.05, 0) is 24.8 Å². The van der Waals surface area contributed by atoms with Gasteiger partial charge in [-0.15, -0.1) is 10.2 Å². The van der Waals surface area contributed by atoms with E-state index in [2.05, 4.69) is 34.5 Å². The average Bonchev–Trinajstić information content (AvgIpc) is 3.13. The molecule has 1 aliphatic rings. The molecule has 1 aliphatic heterocycles. The Bertz CT molecular complexity index is 654. The van der Waals surface area contributed by atoms with Crippen LogP contribution in [0.4, 0.5) is 0 Å². The van der Waals surface area contributed by atoms with E-state index in [1.54, 1.807) is 0 Å². The Kier molecular flexibility index (Phi) is 6.91. The molecule has 1 fully saturated rings. The predicted molar refractivity (Wildman–Crippen MR) is 99.6 cm³/mol. The van der Waals surface area contributed by atoms with Crippen LogP contribution in [0, 0.1) is 0 Å². The Labute approximate surface area is 153 Å². The second-order valence-electron chi connectivity index (χ2n) is 6.28. The fraction of sp³-hybridized carbons (Fsp3) is 0.526. The molecule has 0 atom stereocenters. The van der Waals surface area contributed by atoms with Crippen molar-refractivity contribution in [3.8, 4) is 0 Å². The molecule has 3 rings (SSSR count). The summed E-state index contributed by atoms with van der Waals surface area (Å²) in [6.07, 6.45) is 5.01. The number of rotatable bonds is 8. The van der Waals surface area contributed by atoms with Gasteiger partial charge < -0.3 is 9.32 Å². The number of hydrogen-bond donors (Lipinski definition) is 0. The van der Waals surface area contributed by atoms with Crippen molar-refractivity contribution in [3.63, 3.8) is 0 Å². The maximum Gasteiger partial charge on any atom is 0.223 e. The second-order valence-corrected chi connectivity index (χ2v) is 7.50. The van der Waals surface area contributed by atoms with Crippen LogP contribution in [-0.2, 0) is 24.1 Å². The summed E-state index contributed by atoms with van der Waals surface area (Å²) >= 11 is 1.91. The van der Waals surface area contributed by atoms with Crippen LogP contribution in [0.1, 0.15) is 36.6 Å². The van der Waals surface area contributed by atoms with Crippen molar-refractivity contribution in [1.82, 2.24) is 15.1 Å². The Balaban J connectivity index is 1.35. The van der Waals surface area contributed by atoms with Gasteiger partial charge in [0, 0.05) is 43.9 Å².